The van der Waals surface area contributed by atoms with E-state index in [4.69, 9.17) is 32.2 Å². The molecule has 0 amide bonds. The van der Waals surface area contributed by atoms with Crippen LogP contribution in [0.1, 0.15) is 136 Å². The second-order valence-electron chi connectivity index (χ2n) is 21.1. The van der Waals surface area contributed by atoms with Crippen molar-refractivity contribution in [3.05, 3.63) is 70.3 Å². The van der Waals surface area contributed by atoms with Crippen molar-refractivity contribution in [1.82, 2.24) is 0 Å². The Morgan fingerprint density at radius 3 is 2.00 bits per heavy atom. The third kappa shape index (κ3) is 17.0. The van der Waals surface area contributed by atoms with Crippen molar-refractivity contribution in [1.29, 1.82) is 0 Å². The number of esters is 1. The molecule has 1 unspecified atom stereocenters. The molecule has 2 aliphatic heterocycles. The standard InChI is InChI=1S/C55H93NO13Si3/c1-16-46(68-71(20-5,21-6)22-7)42(13)51-47(65-51)38-54(14,69-72(23-8,24-9)25-10)35-26-27-41(12)50(52(58)59)55(15)36-34-45(67-70(17-2,18-3)19-4)37-49(57)63-39-40(11)28-33-48(55)66-53(60)64-44-31-29-43(30-32-44)56(61)62/h26-33,35,40,42,45-48,50-51H,16-25,34,36-39H2,1-15H3,(H,58,59)/b33-28?,35-26+,41-27+/t40-,42+,45+,46-,47+,48-,50+,51+,54?,55-/m0/s1. The maximum Gasteiger partial charge on any atom is 0.514 e. The van der Waals surface area contributed by atoms with Crippen LogP contribution in [0, 0.1) is 33.3 Å². The number of nitro benzene ring substituents is 1. The zero-order chi connectivity index (χ0) is 54.1. The number of ether oxygens (including phenoxy) is 4. The van der Waals surface area contributed by atoms with Crippen LogP contribution in [0.25, 0.3) is 0 Å². The van der Waals surface area contributed by atoms with Crippen molar-refractivity contribution in [2.24, 2.45) is 23.2 Å². The van der Waals surface area contributed by atoms with Crippen molar-refractivity contribution < 1.29 is 56.6 Å². The van der Waals surface area contributed by atoms with E-state index < -0.39 is 71.1 Å². The van der Waals surface area contributed by atoms with Crippen molar-refractivity contribution >= 4 is 48.7 Å². The fourth-order valence-electron chi connectivity index (χ4n) is 10.9. The zero-order valence-electron chi connectivity index (χ0n) is 46.7. The molecule has 408 valence electrons. The minimum Gasteiger partial charge on any atom is -0.481 e. The van der Waals surface area contributed by atoms with E-state index >= 15 is 0 Å². The molecule has 1 fully saturated rings. The van der Waals surface area contributed by atoms with E-state index in [0.717, 1.165) is 60.8 Å². The number of hydrogen-bond donors (Lipinski definition) is 1. The number of carbonyl (C=O) groups excluding carboxylic acids is 2. The molecule has 17 heteroatoms. The summed E-state index contributed by atoms with van der Waals surface area (Å²) < 4.78 is 45.3. The summed E-state index contributed by atoms with van der Waals surface area (Å²) in [5.41, 5.74) is -1.72. The van der Waals surface area contributed by atoms with Crippen molar-refractivity contribution in [2.75, 3.05) is 6.61 Å². The number of epoxide rings is 1. The van der Waals surface area contributed by atoms with Gasteiger partial charge in [-0.2, -0.15) is 0 Å². The van der Waals surface area contributed by atoms with Gasteiger partial charge in [0.05, 0.1) is 47.8 Å². The molecule has 0 aliphatic carbocycles. The summed E-state index contributed by atoms with van der Waals surface area (Å²) in [5, 5.41) is 22.7. The van der Waals surface area contributed by atoms with Crippen molar-refractivity contribution in [3.8, 4) is 5.75 Å². The van der Waals surface area contributed by atoms with Crippen LogP contribution in [-0.4, -0.2) is 95.8 Å². The van der Waals surface area contributed by atoms with Gasteiger partial charge in [-0.1, -0.05) is 120 Å². The van der Waals surface area contributed by atoms with Crippen LogP contribution in [0.15, 0.2) is 60.2 Å². The van der Waals surface area contributed by atoms with Crippen molar-refractivity contribution in [3.63, 3.8) is 0 Å². The number of benzene rings is 1. The SMILES string of the molecule is CC[C@H](O[Si](CC)(CC)CC)[C@@H](C)[C@H]1O[C@@H]1CC(C)(/C=C/C=C(\C)[C@H](C(=O)O)[C@@]1(C)CC[C@@H](O[Si](CC)(CC)CC)CC(=O)OC[C@@H](C)C=C[C@@H]1OC(=O)Oc1ccc([N+](=O)[O-])cc1)O[Si](CC)(CC)CC. The number of allylic oxidation sites excluding steroid dienone is 2. The summed E-state index contributed by atoms with van der Waals surface area (Å²) in [6, 6.07) is 13.7. The minimum atomic E-state index is -2.28. The number of cyclic esters (lactones) is 1. The number of carbonyl (C=O) groups is 3. The number of rotatable bonds is 28. The molecule has 0 aromatic heterocycles. The van der Waals surface area contributed by atoms with Crippen LogP contribution < -0.4 is 4.74 Å². The van der Waals surface area contributed by atoms with Crippen LogP contribution in [-0.2, 0) is 37.1 Å². The average molecular weight is 1060 g/mol. The van der Waals surface area contributed by atoms with Gasteiger partial charge in [0.15, 0.2) is 25.0 Å². The fourth-order valence-corrected chi connectivity index (χ4v) is 19.9. The highest BCUT2D eigenvalue weighted by Gasteiger charge is 2.52. The minimum absolute atomic E-state index is 0.00384. The summed E-state index contributed by atoms with van der Waals surface area (Å²) in [4.78, 5) is 52.0. The monoisotopic (exact) mass is 1060 g/mol. The van der Waals surface area contributed by atoms with Crippen LogP contribution in [0.2, 0.25) is 54.4 Å². The summed E-state index contributed by atoms with van der Waals surface area (Å²) in [7, 11) is -6.31. The Morgan fingerprint density at radius 2 is 1.49 bits per heavy atom. The molecule has 1 N–H and O–H groups in total. The molecule has 1 saturated heterocycles. The largest absolute Gasteiger partial charge is 0.514 e. The van der Waals surface area contributed by atoms with E-state index in [-0.39, 0.29) is 73.4 Å². The molecular weight excluding hydrogens is 967 g/mol. The van der Waals surface area contributed by atoms with Crippen LogP contribution in [0.3, 0.4) is 0 Å². The van der Waals surface area contributed by atoms with Crippen molar-refractivity contribution in [2.45, 2.75) is 226 Å². The van der Waals surface area contributed by atoms with E-state index in [0.29, 0.717) is 12.0 Å². The second kappa shape index (κ2) is 28.4. The Balaban J connectivity index is 2.17. The Labute approximate surface area is 435 Å². The van der Waals surface area contributed by atoms with Gasteiger partial charge in [0.2, 0.25) is 0 Å². The Morgan fingerprint density at radius 1 is 0.917 bits per heavy atom. The molecule has 14 nitrogen and oxygen atoms in total. The number of nitrogens with zero attached hydrogens (tertiary/aromatic N) is 1. The van der Waals surface area contributed by atoms with Crippen LogP contribution in [0.4, 0.5) is 10.5 Å². The van der Waals surface area contributed by atoms with E-state index in [9.17, 15) is 29.6 Å². The van der Waals surface area contributed by atoms with Gasteiger partial charge in [-0.05, 0) is 106 Å². The molecule has 2 heterocycles. The van der Waals surface area contributed by atoms with Gasteiger partial charge >= 0.3 is 18.1 Å². The molecule has 72 heavy (non-hydrogen) atoms. The molecule has 10 atom stereocenters. The van der Waals surface area contributed by atoms with Gasteiger partial charge in [0, 0.05) is 41.9 Å². The second-order valence-corrected chi connectivity index (χ2v) is 35.3. The molecule has 3 rings (SSSR count). The normalized spacial score (nSPS) is 24.8. The first-order valence-corrected chi connectivity index (χ1v) is 34.8. The quantitative estimate of drug-likeness (QED) is 0.0122. The van der Waals surface area contributed by atoms with Crippen LogP contribution in [0.5, 0.6) is 5.75 Å². The number of hydrogen-bond acceptors (Lipinski definition) is 12. The molecule has 0 saturated carbocycles. The molecule has 2 aliphatic rings. The van der Waals surface area contributed by atoms with Gasteiger partial charge in [0.25, 0.3) is 5.69 Å². The molecular formula is C55H93NO13Si3. The number of aliphatic carboxylic acids is 1. The molecule has 1 aromatic rings. The first-order chi connectivity index (χ1) is 34.0. The maximum atomic E-state index is 14.0. The van der Waals surface area contributed by atoms with Gasteiger partial charge in [-0.25, -0.2) is 4.79 Å². The first-order valence-electron chi connectivity index (χ1n) is 27.3. The lowest BCUT2D eigenvalue weighted by Gasteiger charge is -2.42. The first kappa shape index (κ1) is 62.8. The molecule has 1 aromatic carbocycles. The van der Waals surface area contributed by atoms with E-state index in [2.05, 4.69) is 89.2 Å². The molecule has 0 radical (unpaired) electrons. The Bertz CT molecular complexity index is 1960. The Hall–Kier alpha value is -3.46. The lowest BCUT2D eigenvalue weighted by molar-refractivity contribution is -0.384. The predicted molar refractivity (Wildman–Crippen MR) is 293 cm³/mol. The number of nitro groups is 1. The lowest BCUT2D eigenvalue weighted by Crippen LogP contribution is -2.47. The zero-order valence-corrected chi connectivity index (χ0v) is 49.7. The lowest BCUT2D eigenvalue weighted by atomic mass is 9.66. The number of non-ortho nitro benzene ring substituents is 1. The highest BCUT2D eigenvalue weighted by atomic mass is 28.4. The highest BCUT2D eigenvalue weighted by Crippen LogP contribution is 2.46. The van der Waals surface area contributed by atoms with Crippen LogP contribution >= 0.6 is 0 Å². The predicted octanol–water partition coefficient (Wildman–Crippen LogP) is 14.4. The molecule has 0 bridgehead atoms. The number of carboxylic acid groups (broad SMARTS) is 1. The summed E-state index contributed by atoms with van der Waals surface area (Å²) in [6.45, 7) is 31.9. The van der Waals surface area contributed by atoms with E-state index in [1.165, 1.54) is 24.3 Å². The maximum absolute atomic E-state index is 14.0. The van der Waals surface area contributed by atoms with E-state index in [1.54, 1.807) is 26.0 Å². The summed E-state index contributed by atoms with van der Waals surface area (Å²) in [6.07, 6.45) is 8.51. The fraction of sp³-hybridized carbons (Fsp3) is 0.727. The molecule has 0 spiro atoms. The number of carboxylic acids is 1. The van der Waals surface area contributed by atoms with Gasteiger partial charge in [-0.3, -0.25) is 19.7 Å². The Kier molecular flexibility index (Phi) is 24.8. The van der Waals surface area contributed by atoms with E-state index in [1.807, 2.05) is 19.1 Å². The smallest absolute Gasteiger partial charge is 0.481 e. The van der Waals surface area contributed by atoms with Gasteiger partial charge in [0.1, 0.15) is 11.9 Å². The topological polar surface area (TPSA) is 182 Å². The summed E-state index contributed by atoms with van der Waals surface area (Å²) in [5.74, 6) is -2.82. The van der Waals surface area contributed by atoms with Gasteiger partial charge in [-0.15, -0.1) is 0 Å². The highest BCUT2D eigenvalue weighted by molar-refractivity contribution is 6.74. The average Bonchev–Trinajstić information content (AvgIpc) is 4.13. The summed E-state index contributed by atoms with van der Waals surface area (Å²) >= 11 is 0. The third-order valence-corrected chi connectivity index (χ3v) is 30.7. The van der Waals surface area contributed by atoms with Gasteiger partial charge < -0.3 is 37.3 Å². The third-order valence-electron chi connectivity index (χ3n) is 16.6.